The van der Waals surface area contributed by atoms with Gasteiger partial charge in [0, 0.05) is 0 Å². The average Bonchev–Trinajstić information content (AvgIpc) is 1.84. The Hall–Kier alpha value is 0.415. The van der Waals surface area contributed by atoms with Gasteiger partial charge >= 0.3 is 0 Å². The predicted molar refractivity (Wildman–Crippen MR) is 45.5 cm³/mol. The fourth-order valence-electron chi connectivity index (χ4n) is 0.582. The fraction of sp³-hybridized carbons (Fsp3) is 1.00. The molecule has 0 aromatic carbocycles. The van der Waals surface area contributed by atoms with Gasteiger partial charge in [-0.15, -0.1) is 0 Å². The lowest BCUT2D eigenvalue weighted by Gasteiger charge is -2.14. The summed E-state index contributed by atoms with van der Waals surface area (Å²) < 4.78 is 0. The van der Waals surface area contributed by atoms with Crippen LogP contribution in [-0.2, 0) is 0 Å². The van der Waals surface area contributed by atoms with Gasteiger partial charge in [-0.05, 0) is 17.6 Å². The molecule has 8 heavy (non-hydrogen) atoms. The normalized spacial score (nSPS) is 17.9. The minimum atomic E-state index is 0.781. The number of hydrogen-bond acceptors (Lipinski definition) is 1. The Morgan fingerprint density at radius 1 is 1.38 bits per heavy atom. The highest BCUT2D eigenvalue weighted by atomic mass is 32.1. The van der Waals surface area contributed by atoms with E-state index in [1.54, 1.807) is 0 Å². The Balaban J connectivity index is 3.29. The molecule has 0 amide bonds. The smallest absolute Gasteiger partial charge is 0.101 e. The summed E-state index contributed by atoms with van der Waals surface area (Å²) in [6.45, 7) is 4.53. The van der Waals surface area contributed by atoms with Gasteiger partial charge in [-0.3, -0.25) is 0 Å². The Morgan fingerprint density at radius 3 is 2.00 bits per heavy atom. The minimum absolute atomic E-state index is 0.781. The summed E-state index contributed by atoms with van der Waals surface area (Å²) in [5, 5.41) is 0. The van der Waals surface area contributed by atoms with Crippen molar-refractivity contribution in [1.82, 2.24) is 0 Å². The van der Waals surface area contributed by atoms with Crippen LogP contribution in [-0.4, -0.2) is 13.6 Å². The van der Waals surface area contributed by atoms with Crippen molar-refractivity contribution in [3.05, 3.63) is 0 Å². The van der Waals surface area contributed by atoms with Gasteiger partial charge in [0.25, 0.3) is 0 Å². The summed E-state index contributed by atoms with van der Waals surface area (Å²) in [6, 6.07) is 0. The van der Waals surface area contributed by atoms with E-state index in [-0.39, 0.29) is 0 Å². The number of thiol groups is 1. The van der Waals surface area contributed by atoms with Crippen LogP contribution in [0.25, 0.3) is 0 Å². The highest BCUT2D eigenvalue weighted by molar-refractivity contribution is 7.80. The van der Waals surface area contributed by atoms with Crippen molar-refractivity contribution in [2.24, 2.45) is 11.8 Å². The molecule has 0 heterocycles. The molecule has 2 atom stereocenters. The van der Waals surface area contributed by atoms with Gasteiger partial charge < -0.3 is 0 Å². The molecule has 0 saturated heterocycles. The highest BCUT2D eigenvalue weighted by Gasteiger charge is 2.06. The topological polar surface area (TPSA) is 0 Å². The zero-order valence-corrected chi connectivity index (χ0v) is 6.91. The van der Waals surface area contributed by atoms with Gasteiger partial charge in [0.1, 0.15) is 7.85 Å². The van der Waals surface area contributed by atoms with Crippen LogP contribution in [0.1, 0.15) is 13.8 Å². The van der Waals surface area contributed by atoms with Crippen LogP contribution < -0.4 is 0 Å². The lowest BCUT2D eigenvalue weighted by Crippen LogP contribution is -2.08. The average molecular weight is 130 g/mol. The molecule has 0 rings (SSSR count). The summed E-state index contributed by atoms with van der Waals surface area (Å²) in [6.07, 6.45) is 1.28. The Morgan fingerprint density at radius 2 is 1.88 bits per heavy atom. The maximum Gasteiger partial charge on any atom is 0.101 e. The maximum atomic E-state index is 4.21. The van der Waals surface area contributed by atoms with Crippen LogP contribution >= 0.6 is 12.6 Å². The quantitative estimate of drug-likeness (QED) is 0.431. The number of hydrogen-bond donors (Lipinski definition) is 1. The van der Waals surface area contributed by atoms with Crippen LogP contribution in [0.4, 0.5) is 0 Å². The van der Waals surface area contributed by atoms with Crippen molar-refractivity contribution in [3.63, 3.8) is 0 Å². The Bertz CT molecular complexity index is 48.5. The molecule has 48 valence electrons. The number of rotatable bonds is 3. The molecule has 0 aromatic heterocycles. The van der Waals surface area contributed by atoms with Crippen LogP contribution in [0.3, 0.4) is 0 Å². The fourth-order valence-corrected chi connectivity index (χ4v) is 0.942. The molecule has 0 N–H and O–H groups in total. The summed E-state index contributed by atoms with van der Waals surface area (Å²) in [7, 11) is 2.23. The van der Waals surface area contributed by atoms with Crippen molar-refractivity contribution in [3.8, 4) is 0 Å². The van der Waals surface area contributed by atoms with E-state index >= 15 is 0 Å². The monoisotopic (exact) mass is 130 g/mol. The summed E-state index contributed by atoms with van der Waals surface area (Å²) in [5.41, 5.74) is 0. The molecular formula is C6H15BS. The van der Waals surface area contributed by atoms with Crippen LogP contribution in [0.15, 0.2) is 0 Å². The first-order chi connectivity index (χ1) is 3.72. The van der Waals surface area contributed by atoms with Crippen LogP contribution in [0.2, 0.25) is 6.32 Å². The third kappa shape index (κ3) is 2.66. The molecule has 2 unspecified atom stereocenters. The van der Waals surface area contributed by atoms with Gasteiger partial charge in [0.2, 0.25) is 0 Å². The largest absolute Gasteiger partial charge is 0.179 e. The second-order valence-electron chi connectivity index (χ2n) is 2.55. The second-order valence-corrected chi connectivity index (χ2v) is 2.91. The summed E-state index contributed by atoms with van der Waals surface area (Å²) in [5.74, 6) is 2.64. The molecule has 0 aliphatic rings. The predicted octanol–water partition coefficient (Wildman–Crippen LogP) is 1.24. The van der Waals surface area contributed by atoms with Gasteiger partial charge in [-0.2, -0.15) is 12.6 Å². The van der Waals surface area contributed by atoms with Gasteiger partial charge in [0.15, 0.2) is 0 Å². The zero-order chi connectivity index (χ0) is 6.57. The molecule has 0 spiro atoms. The van der Waals surface area contributed by atoms with E-state index in [0.29, 0.717) is 0 Å². The van der Waals surface area contributed by atoms with Crippen molar-refractivity contribution in [2.75, 3.05) is 5.75 Å². The molecule has 2 heteroatoms. The van der Waals surface area contributed by atoms with Gasteiger partial charge in [0.05, 0.1) is 0 Å². The van der Waals surface area contributed by atoms with E-state index in [2.05, 4.69) is 34.3 Å². The Kier molecular flexibility index (Phi) is 4.53. The standard InChI is InChI=1S/C6H15BS/c1-5(3-7)6(2)4-8/h5-6,8H,3-4,7H2,1-2H3. The molecule has 0 saturated carbocycles. The second kappa shape index (κ2) is 4.31. The van der Waals surface area contributed by atoms with Gasteiger partial charge in [-0.25, -0.2) is 0 Å². The molecule has 0 aromatic rings. The zero-order valence-electron chi connectivity index (χ0n) is 6.02. The molecule has 0 nitrogen and oxygen atoms in total. The first kappa shape index (κ1) is 8.41. The first-order valence-corrected chi connectivity index (χ1v) is 3.96. The third-order valence-electron chi connectivity index (χ3n) is 1.90. The SMILES string of the molecule is BCC(C)C(C)CS. The van der Waals surface area contributed by atoms with Crippen molar-refractivity contribution in [1.29, 1.82) is 0 Å². The summed E-state index contributed by atoms with van der Waals surface area (Å²) >= 11 is 4.21. The molecular weight excluding hydrogens is 115 g/mol. The van der Waals surface area contributed by atoms with E-state index < -0.39 is 0 Å². The maximum absolute atomic E-state index is 4.21. The minimum Gasteiger partial charge on any atom is -0.179 e. The highest BCUT2D eigenvalue weighted by Crippen LogP contribution is 2.14. The molecule has 0 aliphatic heterocycles. The molecule has 0 fully saturated rings. The third-order valence-corrected chi connectivity index (χ3v) is 2.48. The van der Waals surface area contributed by atoms with E-state index in [9.17, 15) is 0 Å². The lowest BCUT2D eigenvalue weighted by molar-refractivity contribution is 0.466. The van der Waals surface area contributed by atoms with Crippen molar-refractivity contribution in [2.45, 2.75) is 20.2 Å². The molecule has 0 aliphatic carbocycles. The van der Waals surface area contributed by atoms with E-state index in [0.717, 1.165) is 17.6 Å². The van der Waals surface area contributed by atoms with E-state index in [1.807, 2.05) is 0 Å². The van der Waals surface area contributed by atoms with Crippen molar-refractivity contribution >= 4 is 20.5 Å². The first-order valence-electron chi connectivity index (χ1n) is 3.33. The van der Waals surface area contributed by atoms with E-state index in [1.165, 1.54) is 6.32 Å². The summed E-state index contributed by atoms with van der Waals surface area (Å²) in [4.78, 5) is 0. The van der Waals surface area contributed by atoms with E-state index in [4.69, 9.17) is 0 Å². The molecule has 0 bridgehead atoms. The lowest BCUT2D eigenvalue weighted by atomic mass is 9.85. The van der Waals surface area contributed by atoms with Crippen molar-refractivity contribution < 1.29 is 0 Å². The molecule has 0 radical (unpaired) electrons. The van der Waals surface area contributed by atoms with Gasteiger partial charge in [-0.1, -0.05) is 20.2 Å². The van der Waals surface area contributed by atoms with Crippen LogP contribution in [0.5, 0.6) is 0 Å². The Labute approximate surface area is 58.9 Å². The van der Waals surface area contributed by atoms with Crippen LogP contribution in [0, 0.1) is 11.8 Å².